The van der Waals surface area contributed by atoms with Crippen molar-refractivity contribution in [2.75, 3.05) is 6.54 Å². The van der Waals surface area contributed by atoms with E-state index in [1.807, 2.05) is 0 Å². The molecule has 0 radical (unpaired) electrons. The van der Waals surface area contributed by atoms with Crippen molar-refractivity contribution in [3.63, 3.8) is 0 Å². The molecule has 0 aromatic rings. The maximum Gasteiger partial charge on any atom is 0.218 e. The van der Waals surface area contributed by atoms with Crippen LogP contribution in [0.25, 0.3) is 0 Å². The summed E-state index contributed by atoms with van der Waals surface area (Å²) in [6.07, 6.45) is 4.68. The zero-order valence-corrected chi connectivity index (χ0v) is 9.26. The lowest BCUT2D eigenvalue weighted by molar-refractivity contribution is 0.563. The molecular formula is C9H15N3O2S. The summed E-state index contributed by atoms with van der Waals surface area (Å²) in [5.41, 5.74) is 5.35. The molecule has 0 aromatic heterocycles. The second-order valence-electron chi connectivity index (χ2n) is 3.96. The highest BCUT2D eigenvalue weighted by Crippen LogP contribution is 2.18. The summed E-state index contributed by atoms with van der Waals surface area (Å²) in [4.78, 5) is 3.81. The van der Waals surface area contributed by atoms with Gasteiger partial charge in [0.2, 0.25) is 9.84 Å². The highest BCUT2D eigenvalue weighted by Gasteiger charge is 2.24. The second-order valence-corrected chi connectivity index (χ2v) is 5.75. The summed E-state index contributed by atoms with van der Waals surface area (Å²) < 4.78 is 22.9. The molecule has 6 heteroatoms. The van der Waals surface area contributed by atoms with Gasteiger partial charge in [0, 0.05) is 6.04 Å². The molecular weight excluding hydrogens is 214 g/mol. The predicted molar refractivity (Wildman–Crippen MR) is 58.9 cm³/mol. The zero-order valence-electron chi connectivity index (χ0n) is 8.44. The van der Waals surface area contributed by atoms with Crippen molar-refractivity contribution >= 4 is 14.9 Å². The Bertz CT molecular complexity index is 405. The van der Waals surface area contributed by atoms with Gasteiger partial charge in [0.1, 0.15) is 5.82 Å². The van der Waals surface area contributed by atoms with E-state index < -0.39 is 9.84 Å². The molecule has 1 saturated carbocycles. The molecule has 15 heavy (non-hydrogen) atoms. The van der Waals surface area contributed by atoms with Gasteiger partial charge >= 0.3 is 0 Å². The van der Waals surface area contributed by atoms with Crippen LogP contribution < -0.4 is 11.1 Å². The number of nitrogens with zero attached hydrogens (tertiary/aromatic N) is 1. The number of sulfone groups is 1. The lowest BCUT2D eigenvalue weighted by atomic mass is 10.2. The Morgan fingerprint density at radius 2 is 2.13 bits per heavy atom. The van der Waals surface area contributed by atoms with Crippen molar-refractivity contribution in [3.8, 4) is 0 Å². The highest BCUT2D eigenvalue weighted by molar-refractivity contribution is 8.09. The van der Waals surface area contributed by atoms with E-state index >= 15 is 0 Å². The molecule has 0 spiro atoms. The van der Waals surface area contributed by atoms with Crippen LogP contribution in [-0.4, -0.2) is 26.0 Å². The fraction of sp³-hybridized carbons (Fsp3) is 0.667. The standard InChI is InChI=1S/C9H15N3O2S/c10-8-6-15(13,14)9(12-8)5-11-7-3-1-2-4-7/h6-7,11H,1-5,10H2. The van der Waals surface area contributed by atoms with Crippen molar-refractivity contribution in [2.24, 2.45) is 10.7 Å². The molecule has 1 aliphatic heterocycles. The van der Waals surface area contributed by atoms with Gasteiger partial charge in [0.05, 0.1) is 12.0 Å². The SMILES string of the molecule is NC1=CS(=O)(=O)C(CNC2CCCC2)=N1. The van der Waals surface area contributed by atoms with E-state index in [1.54, 1.807) is 0 Å². The van der Waals surface area contributed by atoms with Gasteiger partial charge in [-0.1, -0.05) is 12.8 Å². The van der Waals surface area contributed by atoms with Gasteiger partial charge in [-0.25, -0.2) is 13.4 Å². The average Bonchev–Trinajstić information content (AvgIpc) is 2.70. The third-order valence-electron chi connectivity index (χ3n) is 2.76. The molecule has 0 atom stereocenters. The summed E-state index contributed by atoms with van der Waals surface area (Å²) in [6, 6.07) is 0.435. The second kappa shape index (κ2) is 3.94. The summed E-state index contributed by atoms with van der Waals surface area (Å²) in [5.74, 6) is 0.0817. The highest BCUT2D eigenvalue weighted by atomic mass is 32.2. The Kier molecular flexibility index (Phi) is 2.79. The summed E-state index contributed by atoms with van der Waals surface area (Å²) in [6.45, 7) is 0.296. The van der Waals surface area contributed by atoms with Gasteiger partial charge in [0.15, 0.2) is 5.04 Å². The number of hydrogen-bond acceptors (Lipinski definition) is 5. The first-order valence-electron chi connectivity index (χ1n) is 5.11. The molecule has 3 N–H and O–H groups in total. The first kappa shape index (κ1) is 10.6. The molecule has 84 valence electrons. The van der Waals surface area contributed by atoms with Gasteiger partial charge in [0.25, 0.3) is 0 Å². The van der Waals surface area contributed by atoms with E-state index in [0.29, 0.717) is 12.6 Å². The van der Waals surface area contributed by atoms with Crippen LogP contribution in [0.15, 0.2) is 16.2 Å². The number of rotatable bonds is 3. The fourth-order valence-corrected chi connectivity index (χ4v) is 2.99. The maximum atomic E-state index is 11.4. The smallest absolute Gasteiger partial charge is 0.218 e. The average molecular weight is 229 g/mol. The van der Waals surface area contributed by atoms with Crippen LogP contribution in [0.4, 0.5) is 0 Å². The maximum absolute atomic E-state index is 11.4. The Balaban J connectivity index is 1.93. The molecule has 1 heterocycles. The summed E-state index contributed by atoms with van der Waals surface area (Å²) >= 11 is 0. The van der Waals surface area contributed by atoms with Crippen LogP contribution in [0.3, 0.4) is 0 Å². The molecule has 0 saturated heterocycles. The van der Waals surface area contributed by atoms with Crippen molar-refractivity contribution in [3.05, 3.63) is 11.2 Å². The van der Waals surface area contributed by atoms with E-state index in [1.165, 1.54) is 12.8 Å². The van der Waals surface area contributed by atoms with E-state index in [9.17, 15) is 8.42 Å². The molecule has 2 rings (SSSR count). The van der Waals surface area contributed by atoms with Crippen LogP contribution in [-0.2, 0) is 9.84 Å². The molecule has 0 amide bonds. The third-order valence-corrected chi connectivity index (χ3v) is 4.20. The minimum atomic E-state index is -3.33. The van der Waals surface area contributed by atoms with E-state index in [0.717, 1.165) is 18.2 Å². The quantitative estimate of drug-likeness (QED) is 0.719. The fourth-order valence-electron chi connectivity index (χ4n) is 1.96. The van der Waals surface area contributed by atoms with Crippen LogP contribution in [0.1, 0.15) is 25.7 Å². The van der Waals surface area contributed by atoms with Gasteiger partial charge in [-0.3, -0.25) is 0 Å². The van der Waals surface area contributed by atoms with Crippen LogP contribution in [0, 0.1) is 0 Å². The molecule has 1 fully saturated rings. The number of aliphatic imine (C=N–C) groups is 1. The predicted octanol–water partition coefficient (Wildman–Crippen LogP) is 0.103. The van der Waals surface area contributed by atoms with Gasteiger partial charge in [-0.05, 0) is 12.8 Å². The molecule has 1 aliphatic carbocycles. The number of hydrogen-bond donors (Lipinski definition) is 2. The number of nitrogens with one attached hydrogen (secondary N) is 1. The Labute approximate surface area is 89.4 Å². The van der Waals surface area contributed by atoms with Gasteiger partial charge in [-0.15, -0.1) is 0 Å². The number of nitrogens with two attached hydrogens (primary N) is 1. The largest absolute Gasteiger partial charge is 0.383 e. The lowest BCUT2D eigenvalue weighted by Gasteiger charge is -2.10. The molecule has 5 nitrogen and oxygen atoms in total. The summed E-state index contributed by atoms with van der Waals surface area (Å²) in [7, 11) is -3.33. The first-order valence-corrected chi connectivity index (χ1v) is 6.66. The normalized spacial score (nSPS) is 25.3. The van der Waals surface area contributed by atoms with Crippen LogP contribution in [0.2, 0.25) is 0 Å². The van der Waals surface area contributed by atoms with E-state index in [-0.39, 0.29) is 10.9 Å². The summed E-state index contributed by atoms with van der Waals surface area (Å²) in [5, 5.41) is 4.36. The minimum absolute atomic E-state index is 0.0817. The van der Waals surface area contributed by atoms with Crippen molar-refractivity contribution in [2.45, 2.75) is 31.7 Å². The Morgan fingerprint density at radius 3 is 2.67 bits per heavy atom. The topological polar surface area (TPSA) is 84.5 Å². The first-order chi connectivity index (χ1) is 7.08. The van der Waals surface area contributed by atoms with Crippen molar-refractivity contribution in [1.29, 1.82) is 0 Å². The molecule has 0 aromatic carbocycles. The monoisotopic (exact) mass is 229 g/mol. The Morgan fingerprint density at radius 1 is 1.47 bits per heavy atom. The van der Waals surface area contributed by atoms with Gasteiger partial charge in [-0.2, -0.15) is 0 Å². The van der Waals surface area contributed by atoms with Crippen molar-refractivity contribution in [1.82, 2.24) is 5.32 Å². The van der Waals surface area contributed by atoms with Gasteiger partial charge < -0.3 is 11.1 Å². The third kappa shape index (κ3) is 2.38. The van der Waals surface area contributed by atoms with E-state index in [2.05, 4.69) is 10.3 Å². The lowest BCUT2D eigenvalue weighted by Crippen LogP contribution is -2.33. The van der Waals surface area contributed by atoms with Crippen molar-refractivity contribution < 1.29 is 8.42 Å². The van der Waals surface area contributed by atoms with E-state index in [4.69, 9.17) is 5.73 Å². The molecule has 0 bridgehead atoms. The molecule has 0 unspecified atom stereocenters. The molecule has 2 aliphatic rings. The minimum Gasteiger partial charge on any atom is -0.383 e. The van der Waals surface area contributed by atoms with Crippen LogP contribution in [0.5, 0.6) is 0 Å². The van der Waals surface area contributed by atoms with Crippen LogP contribution >= 0.6 is 0 Å². The Hall–Kier alpha value is -0.880. The zero-order chi connectivity index (χ0) is 10.9.